The number of rotatable bonds is 6. The second-order valence-corrected chi connectivity index (χ2v) is 4.18. The molecular formula is C14H19N3O2. The monoisotopic (exact) mass is 261 g/mol. The number of hydrogen-bond donors (Lipinski definition) is 3. The van der Waals surface area contributed by atoms with Crippen LogP contribution in [0, 0.1) is 6.92 Å². The van der Waals surface area contributed by atoms with Crippen molar-refractivity contribution in [1.82, 2.24) is 5.32 Å². The minimum Gasteiger partial charge on any atom is -0.326 e. The highest BCUT2D eigenvalue weighted by molar-refractivity contribution is 5.94. The fraction of sp³-hybridized carbons (Fsp3) is 0.286. The third kappa shape index (κ3) is 5.35. The van der Waals surface area contributed by atoms with Crippen molar-refractivity contribution in [3.63, 3.8) is 0 Å². The maximum Gasteiger partial charge on any atom is 0.238 e. The summed E-state index contributed by atoms with van der Waals surface area (Å²) in [6.45, 7) is 7.70. The van der Waals surface area contributed by atoms with Gasteiger partial charge >= 0.3 is 0 Å². The maximum atomic E-state index is 11.6. The largest absolute Gasteiger partial charge is 0.326 e. The molecule has 0 aliphatic heterocycles. The molecule has 0 heterocycles. The van der Waals surface area contributed by atoms with Gasteiger partial charge in [-0.25, -0.2) is 0 Å². The first kappa shape index (κ1) is 14.9. The minimum atomic E-state index is -0.140. The third-order valence-corrected chi connectivity index (χ3v) is 2.41. The van der Waals surface area contributed by atoms with E-state index in [1.807, 2.05) is 13.0 Å². The van der Waals surface area contributed by atoms with Gasteiger partial charge in [-0.3, -0.25) is 9.59 Å². The van der Waals surface area contributed by atoms with Gasteiger partial charge in [0.2, 0.25) is 11.8 Å². The molecular weight excluding hydrogens is 242 g/mol. The molecule has 2 amide bonds. The number of carbonyl (C=O) groups is 2. The Kier molecular flexibility index (Phi) is 5.75. The predicted octanol–water partition coefficient (Wildman–Crippen LogP) is 1.67. The highest BCUT2D eigenvalue weighted by Crippen LogP contribution is 2.20. The van der Waals surface area contributed by atoms with Gasteiger partial charge in [-0.1, -0.05) is 12.1 Å². The van der Waals surface area contributed by atoms with Crippen LogP contribution in [0.1, 0.15) is 12.5 Å². The summed E-state index contributed by atoms with van der Waals surface area (Å²) in [6, 6.07) is 5.38. The summed E-state index contributed by atoms with van der Waals surface area (Å²) in [4.78, 5) is 22.7. The van der Waals surface area contributed by atoms with Crippen LogP contribution < -0.4 is 16.0 Å². The molecule has 5 nitrogen and oxygen atoms in total. The van der Waals surface area contributed by atoms with Gasteiger partial charge in [0.15, 0.2) is 0 Å². The molecule has 0 aliphatic rings. The molecule has 0 aliphatic carbocycles. The Bertz CT molecular complexity index is 484. The van der Waals surface area contributed by atoms with E-state index in [1.165, 1.54) is 6.92 Å². The highest BCUT2D eigenvalue weighted by atomic mass is 16.2. The van der Waals surface area contributed by atoms with Gasteiger partial charge in [0.1, 0.15) is 0 Å². The minimum absolute atomic E-state index is 0.139. The molecule has 0 fully saturated rings. The molecule has 19 heavy (non-hydrogen) atoms. The summed E-state index contributed by atoms with van der Waals surface area (Å²) < 4.78 is 0. The molecule has 0 bridgehead atoms. The quantitative estimate of drug-likeness (QED) is 0.539. The zero-order valence-electron chi connectivity index (χ0n) is 11.2. The van der Waals surface area contributed by atoms with Gasteiger partial charge in [0.25, 0.3) is 0 Å². The number of anilines is 2. The number of benzene rings is 1. The summed E-state index contributed by atoms with van der Waals surface area (Å²) in [5, 5.41) is 8.39. The van der Waals surface area contributed by atoms with E-state index in [9.17, 15) is 9.59 Å². The Labute approximate surface area is 113 Å². The van der Waals surface area contributed by atoms with E-state index in [0.29, 0.717) is 17.9 Å². The lowest BCUT2D eigenvalue weighted by atomic mass is 10.1. The van der Waals surface area contributed by atoms with E-state index < -0.39 is 0 Å². The summed E-state index contributed by atoms with van der Waals surface area (Å²) in [7, 11) is 0. The first-order valence-electron chi connectivity index (χ1n) is 6.02. The van der Waals surface area contributed by atoms with Gasteiger partial charge in [-0.2, -0.15) is 0 Å². The average Bonchev–Trinajstić information content (AvgIpc) is 2.33. The van der Waals surface area contributed by atoms with Gasteiger partial charge in [-0.05, 0) is 24.6 Å². The molecule has 102 valence electrons. The van der Waals surface area contributed by atoms with Crippen LogP contribution in [0.4, 0.5) is 11.4 Å². The molecule has 1 aromatic rings. The lowest BCUT2D eigenvalue weighted by molar-refractivity contribution is -0.115. The van der Waals surface area contributed by atoms with Crippen LogP contribution in [-0.2, 0) is 9.59 Å². The third-order valence-electron chi connectivity index (χ3n) is 2.41. The summed E-state index contributed by atoms with van der Waals surface area (Å²) in [6.07, 6.45) is 1.69. The standard InChI is InChI=1S/C14H19N3O2/c1-4-7-15-9-14(19)17-12-6-5-10(2)13(8-12)16-11(3)18/h4-6,8,15H,1,7,9H2,2-3H3,(H,16,18)(H,17,19). The van der Waals surface area contributed by atoms with E-state index in [2.05, 4.69) is 22.5 Å². The number of aryl methyl sites for hydroxylation is 1. The lowest BCUT2D eigenvalue weighted by Gasteiger charge is -2.10. The predicted molar refractivity (Wildman–Crippen MR) is 77.2 cm³/mol. The van der Waals surface area contributed by atoms with E-state index in [4.69, 9.17) is 0 Å². The van der Waals surface area contributed by atoms with Crippen LogP contribution in [0.15, 0.2) is 30.9 Å². The molecule has 3 N–H and O–H groups in total. The second kappa shape index (κ2) is 7.33. The maximum absolute atomic E-state index is 11.6. The second-order valence-electron chi connectivity index (χ2n) is 4.18. The van der Waals surface area contributed by atoms with Crippen LogP contribution in [0.25, 0.3) is 0 Å². The Morgan fingerprint density at radius 3 is 2.68 bits per heavy atom. The van der Waals surface area contributed by atoms with Gasteiger partial charge in [0.05, 0.1) is 6.54 Å². The van der Waals surface area contributed by atoms with Crippen molar-refractivity contribution in [3.05, 3.63) is 36.4 Å². The van der Waals surface area contributed by atoms with Crippen molar-refractivity contribution in [3.8, 4) is 0 Å². The number of hydrogen-bond acceptors (Lipinski definition) is 3. The topological polar surface area (TPSA) is 70.2 Å². The number of carbonyl (C=O) groups excluding carboxylic acids is 2. The van der Waals surface area contributed by atoms with Crippen molar-refractivity contribution in [1.29, 1.82) is 0 Å². The Balaban J connectivity index is 2.65. The SMILES string of the molecule is C=CCNCC(=O)Nc1ccc(C)c(NC(C)=O)c1. The van der Waals surface area contributed by atoms with Crippen molar-refractivity contribution in [2.75, 3.05) is 23.7 Å². The molecule has 0 atom stereocenters. The fourth-order valence-electron chi connectivity index (χ4n) is 1.52. The van der Waals surface area contributed by atoms with E-state index in [1.54, 1.807) is 18.2 Å². The Morgan fingerprint density at radius 1 is 1.32 bits per heavy atom. The van der Waals surface area contributed by atoms with Crippen molar-refractivity contribution >= 4 is 23.2 Å². The number of nitrogens with one attached hydrogen (secondary N) is 3. The normalized spacial score (nSPS) is 9.79. The van der Waals surface area contributed by atoms with E-state index >= 15 is 0 Å². The van der Waals surface area contributed by atoms with Crippen molar-refractivity contribution in [2.45, 2.75) is 13.8 Å². The fourth-order valence-corrected chi connectivity index (χ4v) is 1.52. The molecule has 1 rings (SSSR count). The molecule has 0 spiro atoms. The zero-order valence-corrected chi connectivity index (χ0v) is 11.2. The van der Waals surface area contributed by atoms with Crippen LogP contribution >= 0.6 is 0 Å². The highest BCUT2D eigenvalue weighted by Gasteiger charge is 2.05. The van der Waals surface area contributed by atoms with Crippen LogP contribution in [0.5, 0.6) is 0 Å². The Hall–Kier alpha value is -2.14. The zero-order chi connectivity index (χ0) is 14.3. The van der Waals surface area contributed by atoms with Crippen molar-refractivity contribution in [2.24, 2.45) is 0 Å². The smallest absolute Gasteiger partial charge is 0.238 e. The summed E-state index contributed by atoms with van der Waals surface area (Å²) in [5.74, 6) is -0.279. The first-order chi connectivity index (χ1) is 9.02. The molecule has 1 aromatic carbocycles. The molecule has 0 radical (unpaired) electrons. The summed E-state index contributed by atoms with van der Waals surface area (Å²) in [5.41, 5.74) is 2.29. The molecule has 5 heteroatoms. The molecule has 0 aromatic heterocycles. The van der Waals surface area contributed by atoms with Crippen LogP contribution in [0.2, 0.25) is 0 Å². The van der Waals surface area contributed by atoms with E-state index in [0.717, 1.165) is 5.56 Å². The van der Waals surface area contributed by atoms with Gasteiger partial charge in [-0.15, -0.1) is 6.58 Å². The van der Waals surface area contributed by atoms with Crippen LogP contribution in [-0.4, -0.2) is 24.9 Å². The number of amides is 2. The van der Waals surface area contributed by atoms with Crippen LogP contribution in [0.3, 0.4) is 0 Å². The lowest BCUT2D eigenvalue weighted by Crippen LogP contribution is -2.28. The van der Waals surface area contributed by atoms with Gasteiger partial charge < -0.3 is 16.0 Å². The summed E-state index contributed by atoms with van der Waals surface area (Å²) >= 11 is 0. The molecule has 0 saturated heterocycles. The first-order valence-corrected chi connectivity index (χ1v) is 6.02. The van der Waals surface area contributed by atoms with Crippen molar-refractivity contribution < 1.29 is 9.59 Å². The molecule has 0 unspecified atom stereocenters. The van der Waals surface area contributed by atoms with E-state index in [-0.39, 0.29) is 18.4 Å². The van der Waals surface area contributed by atoms with Gasteiger partial charge in [0, 0.05) is 24.8 Å². The Morgan fingerprint density at radius 2 is 2.05 bits per heavy atom. The molecule has 0 saturated carbocycles. The average molecular weight is 261 g/mol.